The molecule has 5 heteroatoms. The van der Waals surface area contributed by atoms with Crippen LogP contribution in [-0.2, 0) is 0 Å². The van der Waals surface area contributed by atoms with Crippen LogP contribution in [0.15, 0.2) is 24.3 Å². The Morgan fingerprint density at radius 2 is 1.85 bits per heavy atom. The molecule has 0 radical (unpaired) electrons. The standard InChI is InChI=1S/C15H19N3O2/c1-2-19-14-15(20-10-11-6-5-9-16-11)18-13-8-4-3-7-12(13)17-14/h3-4,7-8,11,16H,2,5-6,9-10H2,1H3/t11-/m1/s1. The molecule has 1 aliphatic heterocycles. The molecule has 1 aromatic heterocycles. The van der Waals surface area contributed by atoms with E-state index in [9.17, 15) is 0 Å². The molecule has 1 atom stereocenters. The molecule has 3 rings (SSSR count). The van der Waals surface area contributed by atoms with Crippen molar-refractivity contribution in [1.29, 1.82) is 0 Å². The number of hydrogen-bond donors (Lipinski definition) is 1. The lowest BCUT2D eigenvalue weighted by Gasteiger charge is -2.14. The van der Waals surface area contributed by atoms with Crippen molar-refractivity contribution in [2.24, 2.45) is 0 Å². The zero-order valence-electron chi connectivity index (χ0n) is 11.6. The molecule has 0 saturated carbocycles. The number of para-hydroxylation sites is 2. The summed E-state index contributed by atoms with van der Waals surface area (Å²) < 4.78 is 11.4. The minimum atomic E-state index is 0.401. The topological polar surface area (TPSA) is 56.3 Å². The maximum absolute atomic E-state index is 5.82. The van der Waals surface area contributed by atoms with Gasteiger partial charge in [-0.05, 0) is 38.4 Å². The van der Waals surface area contributed by atoms with E-state index in [0.29, 0.717) is 31.0 Å². The normalized spacial score (nSPS) is 18.4. The molecule has 0 spiro atoms. The highest BCUT2D eigenvalue weighted by molar-refractivity contribution is 5.75. The summed E-state index contributed by atoms with van der Waals surface area (Å²) in [5.74, 6) is 0.962. The highest BCUT2D eigenvalue weighted by atomic mass is 16.5. The monoisotopic (exact) mass is 273 g/mol. The summed E-state index contributed by atoms with van der Waals surface area (Å²) in [4.78, 5) is 9.00. The second-order valence-corrected chi connectivity index (χ2v) is 4.86. The van der Waals surface area contributed by atoms with Crippen molar-refractivity contribution >= 4 is 11.0 Å². The lowest BCUT2D eigenvalue weighted by atomic mass is 10.2. The molecule has 106 valence electrons. The molecule has 1 aliphatic rings. The van der Waals surface area contributed by atoms with E-state index in [4.69, 9.17) is 9.47 Å². The molecule has 1 N–H and O–H groups in total. The molecule has 1 fully saturated rings. The number of hydrogen-bond acceptors (Lipinski definition) is 5. The summed E-state index contributed by atoms with van der Waals surface area (Å²) in [5.41, 5.74) is 1.65. The Morgan fingerprint density at radius 3 is 2.45 bits per heavy atom. The smallest absolute Gasteiger partial charge is 0.278 e. The Labute approximate surface area is 118 Å². The van der Waals surface area contributed by atoms with Crippen LogP contribution in [0.3, 0.4) is 0 Å². The van der Waals surface area contributed by atoms with Gasteiger partial charge in [0.1, 0.15) is 6.61 Å². The van der Waals surface area contributed by atoms with Crippen molar-refractivity contribution in [2.45, 2.75) is 25.8 Å². The van der Waals surface area contributed by atoms with Crippen LogP contribution in [0, 0.1) is 0 Å². The molecule has 0 amide bonds. The number of ether oxygens (including phenoxy) is 2. The van der Waals surface area contributed by atoms with Crippen LogP contribution in [0.1, 0.15) is 19.8 Å². The highest BCUT2D eigenvalue weighted by Gasteiger charge is 2.17. The molecular weight excluding hydrogens is 254 g/mol. The van der Waals surface area contributed by atoms with Crippen molar-refractivity contribution in [1.82, 2.24) is 15.3 Å². The van der Waals surface area contributed by atoms with Gasteiger partial charge in [-0.3, -0.25) is 0 Å². The first-order valence-corrected chi connectivity index (χ1v) is 7.12. The first-order valence-electron chi connectivity index (χ1n) is 7.12. The lowest BCUT2D eigenvalue weighted by molar-refractivity contribution is 0.239. The zero-order chi connectivity index (χ0) is 13.8. The van der Waals surface area contributed by atoms with Gasteiger partial charge in [0.25, 0.3) is 11.8 Å². The maximum Gasteiger partial charge on any atom is 0.278 e. The molecule has 1 aromatic carbocycles. The van der Waals surface area contributed by atoms with Gasteiger partial charge in [-0.15, -0.1) is 0 Å². The lowest BCUT2D eigenvalue weighted by Crippen LogP contribution is -2.28. The average Bonchev–Trinajstić information content (AvgIpc) is 2.98. The number of nitrogens with zero attached hydrogens (tertiary/aromatic N) is 2. The molecule has 20 heavy (non-hydrogen) atoms. The first-order chi connectivity index (χ1) is 9.86. The van der Waals surface area contributed by atoms with E-state index in [0.717, 1.165) is 24.0 Å². The Morgan fingerprint density at radius 1 is 1.15 bits per heavy atom. The van der Waals surface area contributed by atoms with Crippen LogP contribution in [0.5, 0.6) is 11.8 Å². The summed E-state index contributed by atoms with van der Waals surface area (Å²) in [5, 5.41) is 3.40. The third kappa shape index (κ3) is 2.82. The summed E-state index contributed by atoms with van der Waals surface area (Å²) in [6, 6.07) is 8.14. The summed E-state index contributed by atoms with van der Waals surface area (Å²) in [6.07, 6.45) is 2.35. The molecule has 0 unspecified atom stereocenters. The third-order valence-electron chi connectivity index (χ3n) is 3.37. The van der Waals surface area contributed by atoms with Gasteiger partial charge < -0.3 is 14.8 Å². The fourth-order valence-electron chi connectivity index (χ4n) is 2.37. The van der Waals surface area contributed by atoms with Crippen molar-refractivity contribution in [3.63, 3.8) is 0 Å². The van der Waals surface area contributed by atoms with E-state index in [1.54, 1.807) is 0 Å². The fourth-order valence-corrected chi connectivity index (χ4v) is 2.37. The van der Waals surface area contributed by atoms with Crippen molar-refractivity contribution in [3.05, 3.63) is 24.3 Å². The minimum absolute atomic E-state index is 0.401. The Hall–Kier alpha value is -1.88. The van der Waals surface area contributed by atoms with Crippen LogP contribution >= 0.6 is 0 Å². The quantitative estimate of drug-likeness (QED) is 0.904. The van der Waals surface area contributed by atoms with Crippen molar-refractivity contribution < 1.29 is 9.47 Å². The van der Waals surface area contributed by atoms with E-state index in [-0.39, 0.29) is 0 Å². The molecule has 2 heterocycles. The predicted octanol–water partition coefficient (Wildman–Crippen LogP) is 2.16. The minimum Gasteiger partial charge on any atom is -0.474 e. The molecule has 1 saturated heterocycles. The summed E-state index contributed by atoms with van der Waals surface area (Å²) in [7, 11) is 0. The summed E-state index contributed by atoms with van der Waals surface area (Å²) >= 11 is 0. The van der Waals surface area contributed by atoms with Crippen molar-refractivity contribution in [3.8, 4) is 11.8 Å². The van der Waals surface area contributed by atoms with E-state index >= 15 is 0 Å². The number of benzene rings is 1. The number of rotatable bonds is 5. The third-order valence-corrected chi connectivity index (χ3v) is 3.37. The van der Waals surface area contributed by atoms with Crippen LogP contribution in [-0.4, -0.2) is 35.8 Å². The summed E-state index contributed by atoms with van der Waals surface area (Å²) in [6.45, 7) is 4.15. The number of fused-ring (bicyclic) bond motifs is 1. The molecule has 0 aliphatic carbocycles. The number of aromatic nitrogens is 2. The van der Waals surface area contributed by atoms with Gasteiger partial charge in [0.05, 0.1) is 17.6 Å². The Balaban J connectivity index is 1.84. The van der Waals surface area contributed by atoms with Crippen LogP contribution < -0.4 is 14.8 Å². The van der Waals surface area contributed by atoms with Crippen molar-refractivity contribution in [2.75, 3.05) is 19.8 Å². The van der Waals surface area contributed by atoms with Gasteiger partial charge in [-0.25, -0.2) is 9.97 Å². The molecular formula is C15H19N3O2. The SMILES string of the molecule is CCOc1nc2ccccc2nc1OC[C@H]1CCCN1. The van der Waals surface area contributed by atoms with Crippen LogP contribution in [0.25, 0.3) is 11.0 Å². The average molecular weight is 273 g/mol. The van der Waals surface area contributed by atoms with Gasteiger partial charge >= 0.3 is 0 Å². The Bertz CT molecular complexity index is 582. The van der Waals surface area contributed by atoms with Crippen LogP contribution in [0.4, 0.5) is 0 Å². The van der Waals surface area contributed by atoms with Gasteiger partial charge in [0.2, 0.25) is 0 Å². The van der Waals surface area contributed by atoms with E-state index < -0.39 is 0 Å². The van der Waals surface area contributed by atoms with Gasteiger partial charge in [0.15, 0.2) is 0 Å². The van der Waals surface area contributed by atoms with E-state index in [2.05, 4.69) is 15.3 Å². The second-order valence-electron chi connectivity index (χ2n) is 4.86. The molecule has 0 bridgehead atoms. The highest BCUT2D eigenvalue weighted by Crippen LogP contribution is 2.26. The molecule has 2 aromatic rings. The van der Waals surface area contributed by atoms with E-state index in [1.807, 2.05) is 31.2 Å². The first kappa shape index (κ1) is 13.1. The fraction of sp³-hybridized carbons (Fsp3) is 0.467. The maximum atomic E-state index is 5.82. The largest absolute Gasteiger partial charge is 0.474 e. The van der Waals surface area contributed by atoms with Gasteiger partial charge in [-0.2, -0.15) is 0 Å². The van der Waals surface area contributed by atoms with Gasteiger partial charge in [-0.1, -0.05) is 12.1 Å². The molecule has 5 nitrogen and oxygen atoms in total. The van der Waals surface area contributed by atoms with Gasteiger partial charge in [0, 0.05) is 6.04 Å². The number of nitrogens with one attached hydrogen (secondary N) is 1. The second kappa shape index (κ2) is 6.05. The predicted molar refractivity (Wildman–Crippen MR) is 77.2 cm³/mol. The van der Waals surface area contributed by atoms with Crippen LogP contribution in [0.2, 0.25) is 0 Å². The zero-order valence-corrected chi connectivity index (χ0v) is 11.6. The Kier molecular flexibility index (Phi) is 3.97. The van der Waals surface area contributed by atoms with E-state index in [1.165, 1.54) is 6.42 Å².